The summed E-state index contributed by atoms with van der Waals surface area (Å²) in [7, 11) is 0. The standard InChI is InChI=1S/C14H17N3O4/c15-14(20)11-1-3-12(4-2-11)21-9-13(19)17-7-5-16(10-18)6-8-17/h1-4,10H,5-9H2,(H2,15,20). The number of nitrogens with two attached hydrogens (primary N) is 1. The molecule has 0 bridgehead atoms. The van der Waals surface area contributed by atoms with Gasteiger partial charge in [-0.2, -0.15) is 0 Å². The first-order valence-corrected chi connectivity index (χ1v) is 6.60. The average Bonchev–Trinajstić information content (AvgIpc) is 2.53. The molecular formula is C14H17N3O4. The molecule has 1 fully saturated rings. The van der Waals surface area contributed by atoms with Gasteiger partial charge in [-0.3, -0.25) is 14.4 Å². The van der Waals surface area contributed by atoms with E-state index in [-0.39, 0.29) is 12.5 Å². The van der Waals surface area contributed by atoms with Crippen molar-refractivity contribution in [1.82, 2.24) is 9.80 Å². The Hall–Kier alpha value is -2.57. The first-order valence-electron chi connectivity index (χ1n) is 6.60. The van der Waals surface area contributed by atoms with Crippen LogP contribution in [0.5, 0.6) is 5.75 Å². The summed E-state index contributed by atoms with van der Waals surface area (Å²) in [5.41, 5.74) is 5.52. The molecule has 7 nitrogen and oxygen atoms in total. The molecule has 1 aliphatic heterocycles. The summed E-state index contributed by atoms with van der Waals surface area (Å²) in [6, 6.07) is 6.28. The van der Waals surface area contributed by atoms with Crippen molar-refractivity contribution < 1.29 is 19.1 Å². The molecule has 1 aromatic carbocycles. The fourth-order valence-electron chi connectivity index (χ4n) is 2.03. The lowest BCUT2D eigenvalue weighted by molar-refractivity contribution is -0.137. The quantitative estimate of drug-likeness (QED) is 0.738. The first-order chi connectivity index (χ1) is 10.1. The molecule has 2 rings (SSSR count). The van der Waals surface area contributed by atoms with E-state index < -0.39 is 5.91 Å². The highest BCUT2D eigenvalue weighted by atomic mass is 16.5. The van der Waals surface area contributed by atoms with Crippen LogP contribution in [0.2, 0.25) is 0 Å². The van der Waals surface area contributed by atoms with Gasteiger partial charge >= 0.3 is 0 Å². The predicted octanol–water partition coefficient (Wildman–Crippen LogP) is -0.535. The number of ether oxygens (including phenoxy) is 1. The Morgan fingerprint density at radius 1 is 1.14 bits per heavy atom. The van der Waals surface area contributed by atoms with E-state index in [0.717, 1.165) is 6.41 Å². The zero-order chi connectivity index (χ0) is 15.2. The third kappa shape index (κ3) is 3.95. The molecule has 21 heavy (non-hydrogen) atoms. The van der Waals surface area contributed by atoms with Crippen LogP contribution in [0.25, 0.3) is 0 Å². The van der Waals surface area contributed by atoms with Gasteiger partial charge < -0.3 is 20.3 Å². The minimum Gasteiger partial charge on any atom is -0.484 e. The number of carbonyl (C=O) groups is 3. The van der Waals surface area contributed by atoms with Crippen LogP contribution >= 0.6 is 0 Å². The Morgan fingerprint density at radius 2 is 1.76 bits per heavy atom. The molecule has 0 unspecified atom stereocenters. The summed E-state index contributed by atoms with van der Waals surface area (Å²) < 4.78 is 5.38. The number of benzene rings is 1. The molecule has 0 aromatic heterocycles. The normalized spacial score (nSPS) is 14.7. The van der Waals surface area contributed by atoms with E-state index in [9.17, 15) is 14.4 Å². The Labute approximate surface area is 122 Å². The van der Waals surface area contributed by atoms with Gasteiger partial charge in [-0.05, 0) is 24.3 Å². The summed E-state index contributed by atoms with van der Waals surface area (Å²) in [6.07, 6.45) is 0.790. The zero-order valence-electron chi connectivity index (χ0n) is 11.5. The van der Waals surface area contributed by atoms with Crippen LogP contribution in [-0.4, -0.2) is 60.8 Å². The molecule has 0 spiro atoms. The van der Waals surface area contributed by atoms with Gasteiger partial charge in [-0.25, -0.2) is 0 Å². The minimum atomic E-state index is -0.509. The maximum Gasteiger partial charge on any atom is 0.260 e. The van der Waals surface area contributed by atoms with Crippen LogP contribution in [0.4, 0.5) is 0 Å². The largest absolute Gasteiger partial charge is 0.484 e. The van der Waals surface area contributed by atoms with Gasteiger partial charge in [0.1, 0.15) is 5.75 Å². The molecule has 0 atom stereocenters. The van der Waals surface area contributed by atoms with Gasteiger partial charge in [-0.15, -0.1) is 0 Å². The molecule has 1 aromatic rings. The summed E-state index contributed by atoms with van der Waals surface area (Å²) in [5.74, 6) is -0.134. The van der Waals surface area contributed by atoms with Gasteiger partial charge in [0.25, 0.3) is 5.91 Å². The second-order valence-corrected chi connectivity index (χ2v) is 4.70. The van der Waals surface area contributed by atoms with Crippen molar-refractivity contribution in [2.45, 2.75) is 0 Å². The van der Waals surface area contributed by atoms with Crippen molar-refractivity contribution in [2.75, 3.05) is 32.8 Å². The van der Waals surface area contributed by atoms with E-state index >= 15 is 0 Å². The number of hydrogen-bond acceptors (Lipinski definition) is 4. The van der Waals surface area contributed by atoms with Crippen molar-refractivity contribution in [3.63, 3.8) is 0 Å². The van der Waals surface area contributed by atoms with Crippen molar-refractivity contribution in [3.8, 4) is 5.75 Å². The van der Waals surface area contributed by atoms with Gasteiger partial charge in [-0.1, -0.05) is 0 Å². The van der Waals surface area contributed by atoms with Gasteiger partial charge in [0.05, 0.1) is 0 Å². The lowest BCUT2D eigenvalue weighted by atomic mass is 10.2. The molecule has 1 saturated heterocycles. The number of nitrogens with zero attached hydrogens (tertiary/aromatic N) is 2. The molecule has 0 radical (unpaired) electrons. The summed E-state index contributed by atoms with van der Waals surface area (Å²) in [5, 5.41) is 0. The number of carbonyl (C=O) groups excluding carboxylic acids is 3. The molecule has 0 aliphatic carbocycles. The van der Waals surface area contributed by atoms with Crippen molar-refractivity contribution in [1.29, 1.82) is 0 Å². The summed E-state index contributed by atoms with van der Waals surface area (Å²) >= 11 is 0. The fourth-order valence-corrected chi connectivity index (χ4v) is 2.03. The first kappa shape index (κ1) is 14.8. The fraction of sp³-hybridized carbons (Fsp3) is 0.357. The Morgan fingerprint density at radius 3 is 2.29 bits per heavy atom. The third-order valence-electron chi connectivity index (χ3n) is 3.32. The predicted molar refractivity (Wildman–Crippen MR) is 74.7 cm³/mol. The van der Waals surface area contributed by atoms with Crippen LogP contribution in [0.15, 0.2) is 24.3 Å². The van der Waals surface area contributed by atoms with Gasteiger partial charge in [0.2, 0.25) is 12.3 Å². The van der Waals surface area contributed by atoms with Crippen LogP contribution in [0.3, 0.4) is 0 Å². The molecule has 3 amide bonds. The number of amides is 3. The molecule has 1 heterocycles. The monoisotopic (exact) mass is 291 g/mol. The van der Waals surface area contributed by atoms with E-state index in [1.165, 1.54) is 0 Å². The highest BCUT2D eigenvalue weighted by Crippen LogP contribution is 2.12. The third-order valence-corrected chi connectivity index (χ3v) is 3.32. The molecule has 112 valence electrons. The lowest BCUT2D eigenvalue weighted by Gasteiger charge is -2.32. The Balaban J connectivity index is 1.81. The maximum atomic E-state index is 12.0. The number of rotatable bonds is 5. The molecular weight excluding hydrogens is 274 g/mol. The smallest absolute Gasteiger partial charge is 0.260 e. The maximum absolute atomic E-state index is 12.0. The second-order valence-electron chi connectivity index (χ2n) is 4.70. The topological polar surface area (TPSA) is 92.9 Å². The Bertz CT molecular complexity index is 522. The number of primary amides is 1. The van der Waals surface area contributed by atoms with Crippen LogP contribution in [0, 0.1) is 0 Å². The van der Waals surface area contributed by atoms with Crippen molar-refractivity contribution in [3.05, 3.63) is 29.8 Å². The zero-order valence-corrected chi connectivity index (χ0v) is 11.5. The summed E-state index contributed by atoms with van der Waals surface area (Å²) in [6.45, 7) is 2.05. The minimum absolute atomic E-state index is 0.0724. The van der Waals surface area contributed by atoms with E-state index in [1.807, 2.05) is 0 Å². The van der Waals surface area contributed by atoms with E-state index in [4.69, 9.17) is 10.5 Å². The van der Waals surface area contributed by atoms with Crippen molar-refractivity contribution >= 4 is 18.2 Å². The summed E-state index contributed by atoms with van der Waals surface area (Å²) in [4.78, 5) is 36.8. The molecule has 0 saturated carbocycles. The average molecular weight is 291 g/mol. The van der Waals surface area contributed by atoms with E-state index in [1.54, 1.807) is 34.1 Å². The second kappa shape index (κ2) is 6.74. The number of piperazine rings is 1. The van der Waals surface area contributed by atoms with Crippen LogP contribution < -0.4 is 10.5 Å². The van der Waals surface area contributed by atoms with E-state index in [2.05, 4.69) is 0 Å². The van der Waals surface area contributed by atoms with Crippen molar-refractivity contribution in [2.24, 2.45) is 5.73 Å². The van der Waals surface area contributed by atoms with Crippen LogP contribution in [0.1, 0.15) is 10.4 Å². The van der Waals surface area contributed by atoms with Gasteiger partial charge in [0.15, 0.2) is 6.61 Å². The van der Waals surface area contributed by atoms with Crippen LogP contribution in [-0.2, 0) is 9.59 Å². The van der Waals surface area contributed by atoms with E-state index in [0.29, 0.717) is 37.5 Å². The highest BCUT2D eigenvalue weighted by Gasteiger charge is 2.20. The SMILES string of the molecule is NC(=O)c1ccc(OCC(=O)N2CCN(C=O)CC2)cc1. The lowest BCUT2D eigenvalue weighted by Crippen LogP contribution is -2.49. The number of hydrogen-bond donors (Lipinski definition) is 1. The van der Waals surface area contributed by atoms with Gasteiger partial charge in [0, 0.05) is 31.7 Å². The Kier molecular flexibility index (Phi) is 4.76. The molecule has 7 heteroatoms. The highest BCUT2D eigenvalue weighted by molar-refractivity contribution is 5.92. The molecule has 2 N–H and O–H groups in total. The molecule has 1 aliphatic rings.